The quantitative estimate of drug-likeness (QED) is 0.805. The molecule has 21 heavy (non-hydrogen) atoms. The lowest BCUT2D eigenvalue weighted by Crippen LogP contribution is -2.42. The molecule has 1 fully saturated rings. The van der Waals surface area contributed by atoms with Crippen molar-refractivity contribution in [3.05, 3.63) is 30.3 Å². The van der Waals surface area contributed by atoms with Gasteiger partial charge in [-0.1, -0.05) is 18.2 Å². The normalized spacial score (nSPS) is 14.6. The van der Waals surface area contributed by atoms with E-state index in [4.69, 9.17) is 0 Å². The Morgan fingerprint density at radius 1 is 1.29 bits per heavy atom. The molecule has 1 aliphatic rings. The topological polar surface area (TPSA) is 44.4 Å². The lowest BCUT2D eigenvalue weighted by atomic mass is 10.3. The fourth-order valence-corrected chi connectivity index (χ4v) is 2.05. The number of likely N-dealkylation sites (N-methyl/N-ethyl adjacent to an activating group) is 1. The van der Waals surface area contributed by atoms with E-state index >= 15 is 0 Å². The molecule has 0 heterocycles. The molecule has 0 saturated heterocycles. The predicted molar refractivity (Wildman–Crippen MR) is 92.7 cm³/mol. The minimum Gasteiger partial charge on any atom is -0.376 e. The zero-order chi connectivity index (χ0) is 13.7. The first kappa shape index (κ1) is 20.0. The molecule has 120 valence electrons. The zero-order valence-electron chi connectivity index (χ0n) is 12.5. The van der Waals surface area contributed by atoms with Gasteiger partial charge >= 0.3 is 0 Å². The van der Waals surface area contributed by atoms with E-state index in [9.17, 15) is 4.79 Å². The standard InChI is InChI=1S/C15H23N3O.2ClH/c1-12(18(2)14-8-9-14)10-17-15(19)11-16-13-6-4-3-5-7-13;;/h3-7,12,14,16H,8-11H2,1-2H3,(H,17,19);2*1H. The van der Waals surface area contributed by atoms with Crippen LogP contribution in [0, 0.1) is 0 Å². The molecule has 1 unspecified atom stereocenters. The Kier molecular flexibility index (Phi) is 9.42. The second-order valence-electron chi connectivity index (χ2n) is 5.27. The lowest BCUT2D eigenvalue weighted by Gasteiger charge is -2.24. The van der Waals surface area contributed by atoms with E-state index in [1.807, 2.05) is 30.3 Å². The van der Waals surface area contributed by atoms with Crippen molar-refractivity contribution in [3.8, 4) is 0 Å². The molecular formula is C15H25Cl2N3O. The number of benzene rings is 1. The van der Waals surface area contributed by atoms with Gasteiger partial charge in [0, 0.05) is 24.3 Å². The van der Waals surface area contributed by atoms with Crippen molar-refractivity contribution in [2.24, 2.45) is 0 Å². The van der Waals surface area contributed by atoms with Gasteiger partial charge in [0.15, 0.2) is 0 Å². The van der Waals surface area contributed by atoms with Crippen LogP contribution in [0.3, 0.4) is 0 Å². The molecule has 1 saturated carbocycles. The number of para-hydroxylation sites is 1. The number of hydrogen-bond acceptors (Lipinski definition) is 3. The van der Waals surface area contributed by atoms with Gasteiger partial charge in [-0.25, -0.2) is 0 Å². The smallest absolute Gasteiger partial charge is 0.239 e. The Bertz CT molecular complexity index is 413. The fraction of sp³-hybridized carbons (Fsp3) is 0.533. The molecule has 0 bridgehead atoms. The van der Waals surface area contributed by atoms with Crippen molar-refractivity contribution in [2.75, 3.05) is 25.5 Å². The molecule has 0 radical (unpaired) electrons. The summed E-state index contributed by atoms with van der Waals surface area (Å²) < 4.78 is 0. The van der Waals surface area contributed by atoms with Crippen LogP contribution >= 0.6 is 24.8 Å². The molecule has 2 rings (SSSR count). The number of rotatable bonds is 7. The molecule has 0 spiro atoms. The van der Waals surface area contributed by atoms with Gasteiger partial charge in [-0.15, -0.1) is 24.8 Å². The Balaban J connectivity index is 0.00000200. The summed E-state index contributed by atoms with van der Waals surface area (Å²) in [6, 6.07) is 10.9. The third-order valence-electron chi connectivity index (χ3n) is 3.64. The number of nitrogens with one attached hydrogen (secondary N) is 2. The van der Waals surface area contributed by atoms with Gasteiger partial charge in [0.2, 0.25) is 5.91 Å². The highest BCUT2D eigenvalue weighted by Gasteiger charge is 2.28. The number of halogens is 2. The number of amides is 1. The predicted octanol–water partition coefficient (Wildman–Crippen LogP) is 2.54. The van der Waals surface area contributed by atoms with Gasteiger partial charge in [0.1, 0.15) is 0 Å². The summed E-state index contributed by atoms with van der Waals surface area (Å²) in [4.78, 5) is 14.1. The molecule has 0 aliphatic heterocycles. The Morgan fingerprint density at radius 2 is 1.90 bits per heavy atom. The molecule has 6 heteroatoms. The van der Waals surface area contributed by atoms with Crippen molar-refractivity contribution in [1.82, 2.24) is 10.2 Å². The first-order valence-corrected chi connectivity index (χ1v) is 6.94. The molecule has 4 nitrogen and oxygen atoms in total. The van der Waals surface area contributed by atoms with Crippen LogP contribution < -0.4 is 10.6 Å². The van der Waals surface area contributed by atoms with Crippen LogP contribution in [0.2, 0.25) is 0 Å². The highest BCUT2D eigenvalue weighted by Crippen LogP contribution is 2.26. The maximum absolute atomic E-state index is 11.7. The summed E-state index contributed by atoms with van der Waals surface area (Å²) in [6.07, 6.45) is 2.59. The molecular weight excluding hydrogens is 309 g/mol. The summed E-state index contributed by atoms with van der Waals surface area (Å²) in [5, 5.41) is 6.08. The second kappa shape index (κ2) is 9.87. The van der Waals surface area contributed by atoms with E-state index in [1.54, 1.807) is 0 Å². The molecule has 2 N–H and O–H groups in total. The number of hydrogen-bond donors (Lipinski definition) is 2. The van der Waals surface area contributed by atoms with Crippen LogP contribution in [0.15, 0.2) is 30.3 Å². The van der Waals surface area contributed by atoms with Gasteiger partial charge in [-0.3, -0.25) is 9.69 Å². The highest BCUT2D eigenvalue weighted by molar-refractivity contribution is 5.85. The van der Waals surface area contributed by atoms with E-state index in [1.165, 1.54) is 12.8 Å². The van der Waals surface area contributed by atoms with Crippen molar-refractivity contribution in [2.45, 2.75) is 31.8 Å². The van der Waals surface area contributed by atoms with Gasteiger partial charge in [0.25, 0.3) is 0 Å². The molecule has 1 aromatic rings. The third kappa shape index (κ3) is 7.02. The zero-order valence-corrected chi connectivity index (χ0v) is 14.2. The van der Waals surface area contributed by atoms with Crippen molar-refractivity contribution >= 4 is 36.4 Å². The monoisotopic (exact) mass is 333 g/mol. The third-order valence-corrected chi connectivity index (χ3v) is 3.64. The Morgan fingerprint density at radius 3 is 2.48 bits per heavy atom. The van der Waals surface area contributed by atoms with Gasteiger partial charge in [-0.05, 0) is 38.9 Å². The van der Waals surface area contributed by atoms with Crippen LogP contribution in [0.5, 0.6) is 0 Å². The minimum absolute atomic E-state index is 0. The summed E-state index contributed by atoms with van der Waals surface area (Å²) in [5.41, 5.74) is 0.973. The fourth-order valence-electron chi connectivity index (χ4n) is 2.05. The van der Waals surface area contributed by atoms with E-state index in [-0.39, 0.29) is 30.7 Å². The van der Waals surface area contributed by atoms with Crippen LogP contribution in [0.4, 0.5) is 5.69 Å². The molecule has 1 amide bonds. The van der Waals surface area contributed by atoms with E-state index in [0.29, 0.717) is 19.1 Å². The molecule has 0 aromatic heterocycles. The van der Waals surface area contributed by atoms with E-state index in [2.05, 4.69) is 29.5 Å². The SMILES string of the molecule is CC(CNC(=O)CNc1ccccc1)N(C)C1CC1.Cl.Cl. The number of carbonyl (C=O) groups is 1. The van der Waals surface area contributed by atoms with Gasteiger partial charge in [0.05, 0.1) is 6.54 Å². The van der Waals surface area contributed by atoms with Crippen LogP contribution in [-0.4, -0.2) is 43.0 Å². The first-order valence-electron chi connectivity index (χ1n) is 6.94. The highest BCUT2D eigenvalue weighted by atomic mass is 35.5. The van der Waals surface area contributed by atoms with Gasteiger partial charge < -0.3 is 10.6 Å². The first-order chi connectivity index (χ1) is 9.16. The van der Waals surface area contributed by atoms with Crippen LogP contribution in [0.1, 0.15) is 19.8 Å². The van der Waals surface area contributed by atoms with Crippen LogP contribution in [0.25, 0.3) is 0 Å². The minimum atomic E-state index is 0. The van der Waals surface area contributed by atoms with Crippen molar-refractivity contribution < 1.29 is 4.79 Å². The average Bonchev–Trinajstić information content (AvgIpc) is 3.27. The molecule has 1 aromatic carbocycles. The molecule has 1 atom stereocenters. The largest absolute Gasteiger partial charge is 0.376 e. The van der Waals surface area contributed by atoms with Crippen molar-refractivity contribution in [1.29, 1.82) is 0 Å². The van der Waals surface area contributed by atoms with Gasteiger partial charge in [-0.2, -0.15) is 0 Å². The summed E-state index contributed by atoms with van der Waals surface area (Å²) >= 11 is 0. The van der Waals surface area contributed by atoms with Crippen LogP contribution in [-0.2, 0) is 4.79 Å². The number of anilines is 1. The number of nitrogens with zero attached hydrogens (tertiary/aromatic N) is 1. The average molecular weight is 334 g/mol. The Hall–Kier alpha value is -0.970. The summed E-state index contributed by atoms with van der Waals surface area (Å²) in [6.45, 7) is 3.19. The summed E-state index contributed by atoms with van der Waals surface area (Å²) in [5.74, 6) is 0.0416. The second-order valence-corrected chi connectivity index (χ2v) is 5.27. The van der Waals surface area contributed by atoms with E-state index in [0.717, 1.165) is 11.7 Å². The lowest BCUT2D eigenvalue weighted by molar-refractivity contribution is -0.119. The van der Waals surface area contributed by atoms with Crippen molar-refractivity contribution in [3.63, 3.8) is 0 Å². The van der Waals surface area contributed by atoms with E-state index < -0.39 is 0 Å². The Labute approximate surface area is 139 Å². The maximum atomic E-state index is 11.7. The summed E-state index contributed by atoms with van der Waals surface area (Å²) in [7, 11) is 2.14. The number of carbonyl (C=O) groups excluding carboxylic acids is 1. The maximum Gasteiger partial charge on any atom is 0.239 e. The molecule has 1 aliphatic carbocycles.